The van der Waals surface area contributed by atoms with Gasteiger partial charge < -0.3 is 27.3 Å². The molecule has 0 saturated heterocycles. The van der Waals surface area contributed by atoms with E-state index < -0.39 is 6.97 Å². The molecule has 0 saturated carbocycles. The number of nitrogens with one attached hydrogen (secondary N) is 1. The minimum Gasteiger partial charge on any atom is -0.497 e. The molecule has 2 aliphatic heterocycles. The van der Waals surface area contributed by atoms with Gasteiger partial charge in [0.05, 0.1) is 7.11 Å². The van der Waals surface area contributed by atoms with Gasteiger partial charge in [0.2, 0.25) is 0 Å². The van der Waals surface area contributed by atoms with E-state index in [-0.39, 0.29) is 0 Å². The lowest BCUT2D eigenvalue weighted by Gasteiger charge is -2.30. The van der Waals surface area contributed by atoms with Crippen molar-refractivity contribution in [3.05, 3.63) is 95.2 Å². The number of ether oxygens (including phenoxy) is 1. The number of allylic oxidation sites excluding steroid dienone is 2. The quantitative estimate of drug-likeness (QED) is 0.648. The van der Waals surface area contributed by atoms with Crippen molar-refractivity contribution in [2.45, 2.75) is 0 Å². The zero-order valence-electron chi connectivity index (χ0n) is 15.7. The summed E-state index contributed by atoms with van der Waals surface area (Å²) in [5.74, 6) is 0.753. The summed E-state index contributed by atoms with van der Waals surface area (Å²) in [6.07, 6.45) is 10.5. The number of fused-ring (bicyclic) bond motifs is 2. The average Bonchev–Trinajstić information content (AvgIpc) is 3.46. The van der Waals surface area contributed by atoms with E-state index in [1.165, 1.54) is 0 Å². The van der Waals surface area contributed by atoms with Crippen LogP contribution in [0, 0.1) is 0 Å². The lowest BCUT2D eigenvalue weighted by molar-refractivity contribution is -0.360. The van der Waals surface area contributed by atoms with Gasteiger partial charge in [-0.3, -0.25) is 0 Å². The zero-order valence-corrected chi connectivity index (χ0v) is 15.7. The minimum atomic E-state index is -4.04. The van der Waals surface area contributed by atoms with Gasteiger partial charge in [0.25, 0.3) is 0 Å². The van der Waals surface area contributed by atoms with Crippen LogP contribution in [0.3, 0.4) is 0 Å². The van der Waals surface area contributed by atoms with Crippen LogP contribution in [0.15, 0.2) is 72.6 Å². The van der Waals surface area contributed by atoms with Gasteiger partial charge >= 0.3 is 6.97 Å². The molecule has 0 atom stereocenters. The van der Waals surface area contributed by atoms with Gasteiger partial charge in [-0.15, -0.1) is 0 Å². The minimum absolute atomic E-state index is 0.453. The Morgan fingerprint density at radius 2 is 1.86 bits per heavy atom. The average molecular weight is 389 g/mol. The molecule has 7 heteroatoms. The molecule has 0 aliphatic carbocycles. The summed E-state index contributed by atoms with van der Waals surface area (Å²) < 4.78 is 38.8. The van der Waals surface area contributed by atoms with Crippen LogP contribution in [-0.4, -0.2) is 33.7 Å². The number of aromatic amines is 1. The number of H-pyrrole nitrogens is 1. The molecule has 1 aromatic carbocycles. The van der Waals surface area contributed by atoms with Gasteiger partial charge in [-0.05, 0) is 48.0 Å². The van der Waals surface area contributed by atoms with Crippen LogP contribution in [0.5, 0.6) is 5.75 Å². The summed E-state index contributed by atoms with van der Waals surface area (Å²) in [6.45, 7) is -4.04. The maximum atomic E-state index is 15.7. The molecule has 0 amide bonds. The van der Waals surface area contributed by atoms with E-state index in [0.717, 1.165) is 20.3 Å². The van der Waals surface area contributed by atoms with E-state index in [1.807, 2.05) is 30.3 Å². The molecule has 29 heavy (non-hydrogen) atoms. The Bertz CT molecular complexity index is 1200. The Morgan fingerprint density at radius 3 is 2.59 bits per heavy atom. The predicted molar refractivity (Wildman–Crippen MR) is 112 cm³/mol. The SMILES string of the molecule is COc1ccc(C=Cc2ccc3n2[B-](F)(F)[N+]2=C(c4ccc[nH]4)C=CC2=C3)cc1. The molecular weight excluding hydrogens is 371 g/mol. The summed E-state index contributed by atoms with van der Waals surface area (Å²) >= 11 is 0. The number of aromatic nitrogens is 2. The number of hydrogen-bond acceptors (Lipinski definition) is 1. The predicted octanol–water partition coefficient (Wildman–Crippen LogP) is 4.64. The number of nitrogens with zero attached hydrogens (tertiary/aromatic N) is 2. The third-order valence-electron chi connectivity index (χ3n) is 5.28. The summed E-state index contributed by atoms with van der Waals surface area (Å²) in [7, 11) is 1.61. The lowest BCUT2D eigenvalue weighted by atomic mass is 9.90. The van der Waals surface area contributed by atoms with Crippen molar-refractivity contribution < 1.29 is 17.9 Å². The van der Waals surface area contributed by atoms with Gasteiger partial charge in [0, 0.05) is 35.8 Å². The molecule has 0 radical (unpaired) electrons. The highest BCUT2D eigenvalue weighted by atomic mass is 19.2. The molecule has 4 heterocycles. The zero-order chi connectivity index (χ0) is 20.0. The number of rotatable bonds is 4. The first kappa shape index (κ1) is 17.5. The van der Waals surface area contributed by atoms with Crippen molar-refractivity contribution in [3.8, 4) is 5.75 Å². The van der Waals surface area contributed by atoms with Crippen molar-refractivity contribution in [2.75, 3.05) is 7.11 Å². The topological polar surface area (TPSA) is 33.0 Å². The molecule has 1 N–H and O–H groups in total. The molecule has 0 spiro atoms. The Morgan fingerprint density at radius 1 is 1.03 bits per heavy atom. The molecular formula is C22H18BF2N3O. The van der Waals surface area contributed by atoms with Gasteiger partial charge in [0.15, 0.2) is 11.4 Å². The Labute approximate surface area is 166 Å². The van der Waals surface area contributed by atoms with Crippen LogP contribution in [0.25, 0.3) is 18.2 Å². The number of halogens is 2. The second-order valence-electron chi connectivity index (χ2n) is 6.99. The van der Waals surface area contributed by atoms with Crippen LogP contribution in [-0.2, 0) is 0 Å². The first-order chi connectivity index (χ1) is 14.1. The molecule has 2 aliphatic rings. The molecule has 4 nitrogen and oxygen atoms in total. The second-order valence-corrected chi connectivity index (χ2v) is 6.99. The van der Waals surface area contributed by atoms with Crippen molar-refractivity contribution in [2.24, 2.45) is 0 Å². The summed E-state index contributed by atoms with van der Waals surface area (Å²) in [5.41, 5.74) is 3.48. The molecule has 144 valence electrons. The highest BCUT2D eigenvalue weighted by Crippen LogP contribution is 2.33. The van der Waals surface area contributed by atoms with Crippen molar-refractivity contribution in [1.82, 2.24) is 9.46 Å². The molecule has 2 aromatic heterocycles. The second kappa shape index (κ2) is 6.48. The number of benzene rings is 1. The molecule has 0 unspecified atom stereocenters. The monoisotopic (exact) mass is 389 g/mol. The van der Waals surface area contributed by atoms with E-state index in [1.54, 1.807) is 61.9 Å². The van der Waals surface area contributed by atoms with Crippen molar-refractivity contribution >= 4 is 30.9 Å². The van der Waals surface area contributed by atoms with Crippen LogP contribution < -0.4 is 4.74 Å². The van der Waals surface area contributed by atoms with Gasteiger partial charge in [-0.1, -0.05) is 18.2 Å². The fourth-order valence-corrected chi connectivity index (χ4v) is 3.89. The Balaban J connectivity index is 1.57. The third-order valence-corrected chi connectivity index (χ3v) is 5.28. The van der Waals surface area contributed by atoms with E-state index in [9.17, 15) is 0 Å². The van der Waals surface area contributed by atoms with E-state index in [4.69, 9.17) is 4.74 Å². The Hall–Kier alpha value is -3.61. The summed E-state index contributed by atoms with van der Waals surface area (Å²) in [5, 5.41) is 0. The standard InChI is InChI=1S/C22H18BF2N3O/c1-29-20-11-5-16(6-12-20)4-7-17-8-9-18-15-19-10-13-22(21-3-2-14-26-21)28(19)23(24,25)27(17)18/h2-15,26H,1H3. The highest BCUT2D eigenvalue weighted by molar-refractivity contribution is 6.58. The van der Waals surface area contributed by atoms with Crippen LogP contribution in [0.2, 0.25) is 0 Å². The third kappa shape index (κ3) is 2.78. The highest BCUT2D eigenvalue weighted by Gasteiger charge is 2.52. The lowest BCUT2D eigenvalue weighted by Crippen LogP contribution is -2.50. The number of hydrogen-bond donors (Lipinski definition) is 1. The fraction of sp³-hybridized carbons (Fsp3) is 0.0455. The van der Waals surface area contributed by atoms with Crippen molar-refractivity contribution in [3.63, 3.8) is 0 Å². The van der Waals surface area contributed by atoms with E-state index in [0.29, 0.717) is 28.5 Å². The smallest absolute Gasteiger partial charge is 0.497 e. The van der Waals surface area contributed by atoms with Crippen molar-refractivity contribution in [1.29, 1.82) is 0 Å². The first-order valence-corrected chi connectivity index (χ1v) is 9.33. The van der Waals surface area contributed by atoms with Crippen LogP contribution >= 0.6 is 0 Å². The van der Waals surface area contributed by atoms with Gasteiger partial charge in [-0.2, -0.15) is 0 Å². The number of methoxy groups -OCH3 is 1. The van der Waals surface area contributed by atoms with E-state index in [2.05, 4.69) is 4.98 Å². The van der Waals surface area contributed by atoms with E-state index >= 15 is 8.63 Å². The van der Waals surface area contributed by atoms with Crippen LogP contribution in [0.4, 0.5) is 8.63 Å². The fourth-order valence-electron chi connectivity index (χ4n) is 3.89. The maximum Gasteiger partial charge on any atom is 0.737 e. The molecule has 0 bridgehead atoms. The normalized spacial score (nSPS) is 16.9. The van der Waals surface area contributed by atoms with Gasteiger partial charge in [-0.25, -0.2) is 0 Å². The molecule has 5 rings (SSSR count). The summed E-state index contributed by atoms with van der Waals surface area (Å²) in [6, 6.07) is 14.5. The van der Waals surface area contributed by atoms with Gasteiger partial charge in [0.1, 0.15) is 11.4 Å². The Kier molecular flexibility index (Phi) is 3.91. The largest absolute Gasteiger partial charge is 0.737 e. The first-order valence-electron chi connectivity index (χ1n) is 9.33. The maximum absolute atomic E-state index is 15.7. The molecule has 3 aromatic rings. The molecule has 0 fully saturated rings. The summed E-state index contributed by atoms with van der Waals surface area (Å²) in [4.78, 5) is 3.02. The van der Waals surface area contributed by atoms with Crippen LogP contribution in [0.1, 0.15) is 22.6 Å².